The van der Waals surface area contributed by atoms with Crippen LogP contribution in [0.5, 0.6) is 0 Å². The van der Waals surface area contributed by atoms with Gasteiger partial charge in [-0.2, -0.15) is 0 Å². The second-order valence-corrected chi connectivity index (χ2v) is 13.7. The number of carbonyl (C=O) groups is 1. The van der Waals surface area contributed by atoms with Gasteiger partial charge < -0.3 is 26.2 Å². The quantitative estimate of drug-likeness (QED) is 0.0363. The number of unbranched alkanes of at least 4 members (excludes halogenated alkanes) is 19. The fourth-order valence-corrected chi connectivity index (χ4v) is 6.06. The molecular formula is C33H69N2O7P. The number of hydrogen-bond donors (Lipinski definition) is 5. The molecule has 4 atom stereocenters. The van der Waals surface area contributed by atoms with Crippen molar-refractivity contribution in [3.05, 3.63) is 0 Å². The van der Waals surface area contributed by atoms with Crippen LogP contribution in [-0.4, -0.2) is 59.0 Å². The van der Waals surface area contributed by atoms with Gasteiger partial charge >= 0.3 is 7.82 Å². The van der Waals surface area contributed by atoms with E-state index in [0.717, 1.165) is 38.5 Å². The van der Waals surface area contributed by atoms with Gasteiger partial charge in [-0.3, -0.25) is 13.8 Å². The minimum atomic E-state index is -4.36. The van der Waals surface area contributed by atoms with Gasteiger partial charge in [0.15, 0.2) is 0 Å². The van der Waals surface area contributed by atoms with Gasteiger partial charge in [0.25, 0.3) is 0 Å². The van der Waals surface area contributed by atoms with Crippen molar-refractivity contribution in [2.24, 2.45) is 5.73 Å². The number of hydrogen-bond acceptors (Lipinski definition) is 7. The molecule has 0 radical (unpaired) electrons. The molecule has 0 aromatic heterocycles. The first-order valence-electron chi connectivity index (χ1n) is 17.7. The minimum Gasteiger partial charge on any atom is -0.393 e. The van der Waals surface area contributed by atoms with E-state index in [1.807, 2.05) is 0 Å². The lowest BCUT2D eigenvalue weighted by Gasteiger charge is -2.25. The number of rotatable bonds is 33. The van der Waals surface area contributed by atoms with Crippen molar-refractivity contribution in [2.75, 3.05) is 19.8 Å². The normalized spacial score (nSPS) is 15.2. The monoisotopic (exact) mass is 636 g/mol. The molecule has 0 saturated carbocycles. The molecule has 0 saturated heterocycles. The van der Waals surface area contributed by atoms with E-state index >= 15 is 0 Å². The van der Waals surface area contributed by atoms with E-state index in [4.69, 9.17) is 14.8 Å². The lowest BCUT2D eigenvalue weighted by Crippen LogP contribution is -2.47. The van der Waals surface area contributed by atoms with Crippen LogP contribution in [0, 0.1) is 0 Å². The summed E-state index contributed by atoms with van der Waals surface area (Å²) in [5, 5.41) is 23.9. The number of aliphatic hydroxyl groups excluding tert-OH is 2. The highest BCUT2D eigenvalue weighted by atomic mass is 31.2. The molecule has 0 fully saturated rings. The molecule has 0 aromatic carbocycles. The number of phosphoric acid groups is 1. The van der Waals surface area contributed by atoms with Crippen LogP contribution in [-0.2, 0) is 18.4 Å². The Kier molecular flexibility index (Phi) is 29.8. The Labute approximate surface area is 264 Å². The highest BCUT2D eigenvalue weighted by molar-refractivity contribution is 7.47. The van der Waals surface area contributed by atoms with Gasteiger partial charge in [-0.05, 0) is 12.8 Å². The first kappa shape index (κ1) is 42.5. The standard InChI is InChI=1S/C33H69N2O7P/c1-3-5-7-9-11-13-14-15-17-19-21-23-25-32(37)31(29-42-43(39,40)41-27-26-34)35-33(38)28-30(36)24-22-20-18-16-12-10-8-6-4-2/h30-32,36-37H,3-29,34H2,1-2H3,(H,35,38)(H,39,40). The van der Waals surface area contributed by atoms with Gasteiger partial charge in [0, 0.05) is 6.54 Å². The highest BCUT2D eigenvalue weighted by Gasteiger charge is 2.28. The molecule has 6 N–H and O–H groups in total. The van der Waals surface area contributed by atoms with Crippen LogP contribution in [0.1, 0.15) is 168 Å². The number of phosphoric ester groups is 1. The van der Waals surface area contributed by atoms with Crippen molar-refractivity contribution in [2.45, 2.75) is 186 Å². The fraction of sp³-hybridized carbons (Fsp3) is 0.970. The second kappa shape index (κ2) is 30.1. The molecule has 10 heteroatoms. The summed E-state index contributed by atoms with van der Waals surface area (Å²) in [6, 6.07) is -0.887. The van der Waals surface area contributed by atoms with E-state index in [1.165, 1.54) is 96.3 Å². The van der Waals surface area contributed by atoms with Gasteiger partial charge in [0.05, 0.1) is 37.9 Å². The number of amides is 1. The van der Waals surface area contributed by atoms with E-state index in [1.54, 1.807) is 0 Å². The third kappa shape index (κ3) is 28.7. The van der Waals surface area contributed by atoms with Gasteiger partial charge in [-0.25, -0.2) is 4.57 Å². The van der Waals surface area contributed by atoms with Crippen LogP contribution >= 0.6 is 7.82 Å². The van der Waals surface area contributed by atoms with Crippen LogP contribution in [0.3, 0.4) is 0 Å². The Morgan fingerprint density at radius 2 is 1.12 bits per heavy atom. The molecule has 0 aliphatic heterocycles. The zero-order valence-electron chi connectivity index (χ0n) is 27.8. The Balaban J connectivity index is 4.42. The minimum absolute atomic E-state index is 0.0620. The van der Waals surface area contributed by atoms with E-state index in [2.05, 4.69) is 19.2 Å². The van der Waals surface area contributed by atoms with Crippen molar-refractivity contribution >= 4 is 13.7 Å². The smallest absolute Gasteiger partial charge is 0.393 e. The second-order valence-electron chi connectivity index (χ2n) is 12.3. The Morgan fingerprint density at radius 1 is 0.698 bits per heavy atom. The maximum absolute atomic E-state index is 12.7. The van der Waals surface area contributed by atoms with Gasteiger partial charge in [0.1, 0.15) is 0 Å². The summed E-state index contributed by atoms with van der Waals surface area (Å²) in [5.74, 6) is -0.415. The number of nitrogens with one attached hydrogen (secondary N) is 1. The summed E-state index contributed by atoms with van der Waals surface area (Å²) in [6.45, 7) is 4.00. The molecule has 0 rings (SSSR count). The first-order chi connectivity index (χ1) is 20.8. The first-order valence-corrected chi connectivity index (χ1v) is 19.2. The van der Waals surface area contributed by atoms with Crippen molar-refractivity contribution in [1.82, 2.24) is 5.32 Å². The third-order valence-corrected chi connectivity index (χ3v) is 9.00. The molecule has 258 valence electrons. The van der Waals surface area contributed by atoms with Gasteiger partial charge in [-0.15, -0.1) is 0 Å². The predicted molar refractivity (Wildman–Crippen MR) is 177 cm³/mol. The molecule has 4 unspecified atom stereocenters. The summed E-state index contributed by atoms with van der Waals surface area (Å²) in [5.41, 5.74) is 5.34. The number of nitrogens with two attached hydrogens (primary N) is 1. The summed E-state index contributed by atoms with van der Waals surface area (Å²) >= 11 is 0. The van der Waals surface area contributed by atoms with Crippen molar-refractivity contribution < 1.29 is 33.5 Å². The average Bonchev–Trinajstić information content (AvgIpc) is 2.97. The van der Waals surface area contributed by atoms with Gasteiger partial charge in [0.2, 0.25) is 5.91 Å². The van der Waals surface area contributed by atoms with Crippen LogP contribution in [0.25, 0.3) is 0 Å². The highest BCUT2D eigenvalue weighted by Crippen LogP contribution is 2.43. The van der Waals surface area contributed by atoms with E-state index in [9.17, 15) is 24.5 Å². The predicted octanol–water partition coefficient (Wildman–Crippen LogP) is 7.69. The van der Waals surface area contributed by atoms with E-state index < -0.39 is 32.0 Å². The van der Waals surface area contributed by atoms with E-state index in [0.29, 0.717) is 12.8 Å². The maximum Gasteiger partial charge on any atom is 0.472 e. The lowest BCUT2D eigenvalue weighted by molar-refractivity contribution is -0.125. The fourth-order valence-electron chi connectivity index (χ4n) is 5.30. The van der Waals surface area contributed by atoms with Crippen LogP contribution < -0.4 is 11.1 Å². The SMILES string of the molecule is CCCCCCCCCCCCCCC(O)C(COP(=O)(O)OCCN)NC(=O)CC(O)CCCCCCCCCCC. The Morgan fingerprint density at radius 3 is 1.56 bits per heavy atom. The molecule has 0 aliphatic rings. The largest absolute Gasteiger partial charge is 0.472 e. The van der Waals surface area contributed by atoms with Crippen molar-refractivity contribution in [3.63, 3.8) is 0 Å². The molecule has 43 heavy (non-hydrogen) atoms. The lowest BCUT2D eigenvalue weighted by atomic mass is 10.0. The molecule has 0 heterocycles. The van der Waals surface area contributed by atoms with E-state index in [-0.39, 0.29) is 26.2 Å². The number of carbonyl (C=O) groups excluding carboxylic acids is 1. The molecule has 0 aromatic rings. The zero-order valence-corrected chi connectivity index (χ0v) is 28.7. The summed E-state index contributed by atoms with van der Waals surface area (Å²) in [6.07, 6.45) is 24.3. The van der Waals surface area contributed by atoms with Crippen molar-refractivity contribution in [1.29, 1.82) is 0 Å². The topological polar surface area (TPSA) is 151 Å². The molecule has 0 spiro atoms. The average molecular weight is 637 g/mol. The molecule has 1 amide bonds. The third-order valence-electron chi connectivity index (χ3n) is 8.02. The molecule has 0 bridgehead atoms. The maximum atomic E-state index is 12.7. The zero-order chi connectivity index (χ0) is 32.0. The summed E-state index contributed by atoms with van der Waals surface area (Å²) < 4.78 is 22.0. The van der Waals surface area contributed by atoms with Gasteiger partial charge in [-0.1, -0.05) is 149 Å². The summed E-state index contributed by atoms with van der Waals surface area (Å²) in [7, 11) is -4.36. The van der Waals surface area contributed by atoms with Crippen LogP contribution in [0.2, 0.25) is 0 Å². The summed E-state index contributed by atoms with van der Waals surface area (Å²) in [4.78, 5) is 22.6. The van der Waals surface area contributed by atoms with Crippen molar-refractivity contribution in [3.8, 4) is 0 Å². The van der Waals surface area contributed by atoms with Crippen LogP contribution in [0.15, 0.2) is 0 Å². The molecule has 9 nitrogen and oxygen atoms in total. The number of aliphatic hydroxyl groups is 2. The Bertz CT molecular complexity index is 671. The molecule has 0 aliphatic carbocycles. The van der Waals surface area contributed by atoms with Crippen LogP contribution in [0.4, 0.5) is 0 Å². The Hall–Kier alpha value is -0.540. The molecular weight excluding hydrogens is 567 g/mol.